The van der Waals surface area contributed by atoms with Crippen LogP contribution in [0.2, 0.25) is 0 Å². The third-order valence-electron chi connectivity index (χ3n) is 1.86. The summed E-state index contributed by atoms with van der Waals surface area (Å²) in [6.07, 6.45) is -8.70. The normalized spacial score (nSPS) is 11.7. The fourth-order valence-electron chi connectivity index (χ4n) is 1.16. The van der Waals surface area contributed by atoms with Gasteiger partial charge in [-0.1, -0.05) is 0 Å². The van der Waals surface area contributed by atoms with Crippen LogP contribution in [-0.4, -0.2) is 21.4 Å². The molecule has 1 heterocycles. The van der Waals surface area contributed by atoms with Gasteiger partial charge in [0.1, 0.15) is 0 Å². The van der Waals surface area contributed by atoms with Crippen LogP contribution in [0.1, 0.15) is 17.7 Å². The van der Waals surface area contributed by atoms with E-state index in [1.54, 1.807) is 0 Å². The lowest BCUT2D eigenvalue weighted by Crippen LogP contribution is -2.20. The van der Waals surface area contributed by atoms with E-state index in [9.17, 15) is 32.1 Å². The molecule has 1 N–H and O–H groups in total. The molecule has 0 saturated carbocycles. The SMILES string of the molecule is O=[N+]([O-])c1cc(CO)c(OC(F)(F)F)nc1C(F)F. The molecule has 0 bridgehead atoms. The van der Waals surface area contributed by atoms with Crippen molar-refractivity contribution in [3.8, 4) is 5.88 Å². The van der Waals surface area contributed by atoms with Crippen molar-refractivity contribution < 1.29 is 36.7 Å². The molecule has 0 aliphatic rings. The lowest BCUT2D eigenvalue weighted by atomic mass is 10.2. The molecule has 1 rings (SSSR count). The van der Waals surface area contributed by atoms with Crippen molar-refractivity contribution in [1.82, 2.24) is 4.98 Å². The molecule has 19 heavy (non-hydrogen) atoms. The number of hydrogen-bond acceptors (Lipinski definition) is 5. The van der Waals surface area contributed by atoms with Crippen molar-refractivity contribution in [2.45, 2.75) is 19.4 Å². The fraction of sp³-hybridized carbons (Fsp3) is 0.375. The van der Waals surface area contributed by atoms with E-state index in [0.29, 0.717) is 6.07 Å². The van der Waals surface area contributed by atoms with E-state index in [-0.39, 0.29) is 0 Å². The summed E-state index contributed by atoms with van der Waals surface area (Å²) in [6, 6.07) is 0.357. The molecule has 11 heteroatoms. The highest BCUT2D eigenvalue weighted by molar-refractivity contribution is 5.44. The summed E-state index contributed by atoms with van der Waals surface area (Å²) in [7, 11) is 0. The molecule has 0 spiro atoms. The first-order valence-electron chi connectivity index (χ1n) is 4.48. The minimum atomic E-state index is -5.23. The zero-order valence-corrected chi connectivity index (χ0v) is 8.82. The van der Waals surface area contributed by atoms with Crippen molar-refractivity contribution in [1.29, 1.82) is 0 Å². The van der Waals surface area contributed by atoms with Crippen LogP contribution in [0, 0.1) is 10.1 Å². The Hall–Kier alpha value is -2.04. The van der Waals surface area contributed by atoms with Crippen LogP contribution in [0.4, 0.5) is 27.6 Å². The minimum absolute atomic E-state index is 0.357. The Kier molecular flexibility index (Phi) is 4.19. The van der Waals surface area contributed by atoms with E-state index in [0.717, 1.165) is 0 Å². The van der Waals surface area contributed by atoms with Crippen LogP contribution in [0.25, 0.3) is 0 Å². The van der Waals surface area contributed by atoms with Crippen molar-refractivity contribution in [2.75, 3.05) is 0 Å². The molecule has 0 amide bonds. The molecular formula is C8H5F5N2O4. The lowest BCUT2D eigenvalue weighted by Gasteiger charge is -2.12. The lowest BCUT2D eigenvalue weighted by molar-refractivity contribution is -0.386. The maximum atomic E-state index is 12.5. The molecule has 0 unspecified atom stereocenters. The maximum absolute atomic E-state index is 12.5. The Morgan fingerprint density at radius 3 is 2.42 bits per heavy atom. The molecule has 0 radical (unpaired) electrons. The van der Waals surface area contributed by atoms with Gasteiger partial charge in [-0.2, -0.15) is 0 Å². The Balaban J connectivity index is 3.39. The molecular weight excluding hydrogens is 283 g/mol. The third kappa shape index (κ3) is 3.71. The second kappa shape index (κ2) is 5.30. The van der Waals surface area contributed by atoms with Gasteiger partial charge >= 0.3 is 6.36 Å². The Bertz CT molecular complexity index is 491. The first kappa shape index (κ1) is 15.0. The number of hydrogen-bond donors (Lipinski definition) is 1. The number of nitrogens with zero attached hydrogens (tertiary/aromatic N) is 2. The maximum Gasteiger partial charge on any atom is 0.574 e. The van der Waals surface area contributed by atoms with Crippen LogP contribution < -0.4 is 4.74 Å². The van der Waals surface area contributed by atoms with E-state index in [4.69, 9.17) is 5.11 Å². The summed E-state index contributed by atoms with van der Waals surface area (Å²) in [4.78, 5) is 12.0. The van der Waals surface area contributed by atoms with Crippen LogP contribution in [-0.2, 0) is 6.61 Å². The van der Waals surface area contributed by atoms with Gasteiger partial charge in [-0.25, -0.2) is 13.8 Å². The number of ether oxygens (including phenoxy) is 1. The second-order valence-electron chi connectivity index (χ2n) is 3.12. The van der Waals surface area contributed by atoms with Crippen molar-refractivity contribution in [3.05, 3.63) is 27.4 Å². The Morgan fingerprint density at radius 2 is 2.05 bits per heavy atom. The smallest absolute Gasteiger partial charge is 0.391 e. The van der Waals surface area contributed by atoms with Gasteiger partial charge in [0.15, 0.2) is 5.69 Å². The molecule has 1 aromatic heterocycles. The van der Waals surface area contributed by atoms with E-state index >= 15 is 0 Å². The number of pyridine rings is 1. The highest BCUT2D eigenvalue weighted by Crippen LogP contribution is 2.33. The molecule has 0 aliphatic heterocycles. The van der Waals surface area contributed by atoms with Gasteiger partial charge in [-0.3, -0.25) is 10.1 Å². The number of nitro groups is 1. The summed E-state index contributed by atoms with van der Waals surface area (Å²) >= 11 is 0. The van der Waals surface area contributed by atoms with Gasteiger partial charge in [0.25, 0.3) is 12.1 Å². The van der Waals surface area contributed by atoms with Crippen molar-refractivity contribution >= 4 is 5.69 Å². The average Bonchev–Trinajstić information content (AvgIpc) is 2.25. The molecule has 6 nitrogen and oxygen atoms in total. The average molecular weight is 288 g/mol. The van der Waals surface area contributed by atoms with E-state index in [1.165, 1.54) is 0 Å². The number of aromatic nitrogens is 1. The highest BCUT2D eigenvalue weighted by atomic mass is 19.4. The zero-order valence-electron chi connectivity index (χ0n) is 8.82. The van der Waals surface area contributed by atoms with Gasteiger partial charge < -0.3 is 9.84 Å². The molecule has 0 fully saturated rings. The standard InChI is InChI=1S/C8H5F5N2O4/c9-6(10)5-4(15(17)18)1-3(2-16)7(14-5)19-8(11,12)13/h1,6,16H,2H2. The molecule has 0 saturated heterocycles. The summed E-state index contributed by atoms with van der Waals surface area (Å²) in [5.41, 5.74) is -3.40. The molecule has 106 valence electrons. The van der Waals surface area contributed by atoms with Gasteiger partial charge in [0.05, 0.1) is 11.5 Å². The fourth-order valence-corrected chi connectivity index (χ4v) is 1.16. The van der Waals surface area contributed by atoms with Gasteiger partial charge in [0, 0.05) is 11.6 Å². The summed E-state index contributed by atoms with van der Waals surface area (Å²) < 4.78 is 64.2. The number of alkyl halides is 5. The molecule has 0 aliphatic carbocycles. The first-order chi connectivity index (χ1) is 8.65. The minimum Gasteiger partial charge on any atom is -0.391 e. The van der Waals surface area contributed by atoms with Crippen LogP contribution in [0.15, 0.2) is 6.07 Å². The quantitative estimate of drug-likeness (QED) is 0.522. The summed E-state index contributed by atoms with van der Waals surface area (Å²) in [6.45, 7) is -1.09. The van der Waals surface area contributed by atoms with Gasteiger partial charge in [0.2, 0.25) is 5.88 Å². The summed E-state index contributed by atoms with van der Waals surface area (Å²) in [5.74, 6) is -1.35. The van der Waals surface area contributed by atoms with Crippen molar-refractivity contribution in [2.24, 2.45) is 0 Å². The number of aliphatic hydroxyl groups is 1. The van der Waals surface area contributed by atoms with E-state index in [2.05, 4.69) is 9.72 Å². The van der Waals surface area contributed by atoms with E-state index < -0.39 is 47.1 Å². The molecule has 0 aromatic carbocycles. The van der Waals surface area contributed by atoms with Gasteiger partial charge in [-0.15, -0.1) is 13.2 Å². The van der Waals surface area contributed by atoms with Crippen LogP contribution in [0.5, 0.6) is 5.88 Å². The highest BCUT2D eigenvalue weighted by Gasteiger charge is 2.35. The number of halogens is 5. The molecule has 1 aromatic rings. The topological polar surface area (TPSA) is 85.5 Å². The molecule has 0 atom stereocenters. The van der Waals surface area contributed by atoms with Crippen molar-refractivity contribution in [3.63, 3.8) is 0 Å². The number of rotatable bonds is 4. The van der Waals surface area contributed by atoms with Crippen LogP contribution >= 0.6 is 0 Å². The third-order valence-corrected chi connectivity index (χ3v) is 1.86. The Labute approximate surface area is 101 Å². The predicted molar refractivity (Wildman–Crippen MR) is 48.5 cm³/mol. The zero-order chi connectivity index (χ0) is 14.8. The van der Waals surface area contributed by atoms with Gasteiger partial charge in [-0.05, 0) is 0 Å². The largest absolute Gasteiger partial charge is 0.574 e. The first-order valence-corrected chi connectivity index (χ1v) is 4.48. The number of aliphatic hydroxyl groups excluding tert-OH is 1. The van der Waals surface area contributed by atoms with Crippen LogP contribution in [0.3, 0.4) is 0 Å². The monoisotopic (exact) mass is 288 g/mol. The second-order valence-corrected chi connectivity index (χ2v) is 3.12. The predicted octanol–water partition coefficient (Wildman–Crippen LogP) is 2.32. The van der Waals surface area contributed by atoms with E-state index in [1.807, 2.05) is 0 Å². The summed E-state index contributed by atoms with van der Waals surface area (Å²) in [5, 5.41) is 19.2. The Morgan fingerprint density at radius 1 is 1.47 bits per heavy atom.